The summed E-state index contributed by atoms with van der Waals surface area (Å²) in [6, 6.07) is 14.6. The van der Waals surface area contributed by atoms with E-state index in [2.05, 4.69) is 20.6 Å². The van der Waals surface area contributed by atoms with Crippen LogP contribution in [-0.2, 0) is 11.3 Å². The van der Waals surface area contributed by atoms with Crippen LogP contribution in [0.4, 0.5) is 5.69 Å². The molecule has 0 spiro atoms. The SMILES string of the molecule is CCOc1ccc(NC(=O)Cn2cnc3c(nnn3-c3cccc(C)c3)c2=O)cc1. The van der Waals surface area contributed by atoms with Gasteiger partial charge in [0.25, 0.3) is 5.56 Å². The van der Waals surface area contributed by atoms with Gasteiger partial charge < -0.3 is 10.1 Å². The number of aromatic nitrogens is 5. The summed E-state index contributed by atoms with van der Waals surface area (Å²) in [6.07, 6.45) is 1.33. The highest BCUT2D eigenvalue weighted by molar-refractivity contribution is 5.90. The van der Waals surface area contributed by atoms with Crippen LogP contribution in [-0.4, -0.2) is 37.1 Å². The van der Waals surface area contributed by atoms with Gasteiger partial charge in [-0.2, -0.15) is 4.68 Å². The third kappa shape index (κ3) is 3.90. The largest absolute Gasteiger partial charge is 0.494 e. The number of carbonyl (C=O) groups is 1. The summed E-state index contributed by atoms with van der Waals surface area (Å²) in [6.45, 7) is 4.24. The summed E-state index contributed by atoms with van der Waals surface area (Å²) in [5.41, 5.74) is 2.43. The number of benzene rings is 2. The number of fused-ring (bicyclic) bond motifs is 1. The van der Waals surface area contributed by atoms with Crippen molar-refractivity contribution in [3.05, 3.63) is 70.8 Å². The minimum absolute atomic E-state index is 0.105. The normalized spacial score (nSPS) is 10.9. The van der Waals surface area contributed by atoms with Crippen LogP contribution in [0.25, 0.3) is 16.9 Å². The van der Waals surface area contributed by atoms with Gasteiger partial charge in [-0.25, -0.2) is 4.98 Å². The van der Waals surface area contributed by atoms with Gasteiger partial charge in [-0.1, -0.05) is 17.3 Å². The van der Waals surface area contributed by atoms with Crippen LogP contribution in [0.3, 0.4) is 0 Å². The first-order valence-electron chi connectivity index (χ1n) is 9.46. The third-order valence-corrected chi connectivity index (χ3v) is 4.44. The molecule has 2 aromatic heterocycles. The van der Waals surface area contributed by atoms with E-state index in [1.807, 2.05) is 38.1 Å². The number of carbonyl (C=O) groups excluding carboxylic acids is 1. The Labute approximate surface area is 171 Å². The van der Waals surface area contributed by atoms with Gasteiger partial charge in [-0.15, -0.1) is 5.10 Å². The maximum absolute atomic E-state index is 12.8. The molecule has 30 heavy (non-hydrogen) atoms. The molecule has 0 aliphatic rings. The second kappa shape index (κ2) is 8.16. The summed E-state index contributed by atoms with van der Waals surface area (Å²) in [5.74, 6) is 0.367. The van der Waals surface area contributed by atoms with Crippen LogP contribution >= 0.6 is 0 Å². The molecule has 9 heteroatoms. The Kier molecular flexibility index (Phi) is 5.25. The van der Waals surface area contributed by atoms with Gasteiger partial charge in [0.2, 0.25) is 5.91 Å². The monoisotopic (exact) mass is 404 g/mol. The zero-order valence-electron chi connectivity index (χ0n) is 16.6. The first kappa shape index (κ1) is 19.3. The lowest BCUT2D eigenvalue weighted by Gasteiger charge is -2.08. The molecule has 0 saturated carbocycles. The Hall–Kier alpha value is -4.01. The molecule has 0 atom stereocenters. The van der Waals surface area contributed by atoms with Crippen LogP contribution < -0.4 is 15.6 Å². The van der Waals surface area contributed by atoms with E-state index in [9.17, 15) is 9.59 Å². The van der Waals surface area contributed by atoms with E-state index in [1.54, 1.807) is 24.3 Å². The molecule has 0 unspecified atom stereocenters. The average molecular weight is 404 g/mol. The van der Waals surface area contributed by atoms with E-state index < -0.39 is 5.56 Å². The molecule has 2 heterocycles. The van der Waals surface area contributed by atoms with E-state index in [-0.39, 0.29) is 18.0 Å². The van der Waals surface area contributed by atoms with Crippen LogP contribution in [0.2, 0.25) is 0 Å². The summed E-state index contributed by atoms with van der Waals surface area (Å²) < 4.78 is 8.10. The van der Waals surface area contributed by atoms with Gasteiger partial charge in [-0.3, -0.25) is 14.2 Å². The maximum Gasteiger partial charge on any atom is 0.284 e. The van der Waals surface area contributed by atoms with Crippen molar-refractivity contribution in [2.24, 2.45) is 0 Å². The van der Waals surface area contributed by atoms with Gasteiger partial charge in [0, 0.05) is 5.69 Å². The highest BCUT2D eigenvalue weighted by Gasteiger charge is 2.15. The molecule has 9 nitrogen and oxygen atoms in total. The number of ether oxygens (including phenoxy) is 1. The minimum atomic E-state index is -0.430. The van der Waals surface area contributed by atoms with Crippen LogP contribution in [0, 0.1) is 6.92 Å². The number of amides is 1. The Balaban J connectivity index is 1.54. The number of nitrogens with zero attached hydrogens (tertiary/aromatic N) is 5. The lowest BCUT2D eigenvalue weighted by atomic mass is 10.2. The van der Waals surface area contributed by atoms with Crippen molar-refractivity contribution in [2.75, 3.05) is 11.9 Å². The zero-order valence-corrected chi connectivity index (χ0v) is 16.6. The minimum Gasteiger partial charge on any atom is -0.494 e. The molecule has 0 aliphatic heterocycles. The number of hydrogen-bond donors (Lipinski definition) is 1. The van der Waals surface area contributed by atoms with E-state index in [0.29, 0.717) is 17.9 Å². The molecule has 0 saturated heterocycles. The highest BCUT2D eigenvalue weighted by Crippen LogP contribution is 2.16. The summed E-state index contributed by atoms with van der Waals surface area (Å²) >= 11 is 0. The number of aryl methyl sites for hydroxylation is 1. The van der Waals surface area contributed by atoms with Gasteiger partial charge in [0.15, 0.2) is 11.2 Å². The second-order valence-corrected chi connectivity index (χ2v) is 6.70. The molecule has 0 fully saturated rings. The molecule has 1 N–H and O–H groups in total. The maximum atomic E-state index is 12.8. The second-order valence-electron chi connectivity index (χ2n) is 6.70. The van der Waals surface area contributed by atoms with Gasteiger partial charge in [0.05, 0.1) is 12.3 Å². The fraction of sp³-hybridized carbons (Fsp3) is 0.190. The average Bonchev–Trinajstić information content (AvgIpc) is 3.17. The van der Waals surface area contributed by atoms with Crippen molar-refractivity contribution >= 4 is 22.8 Å². The van der Waals surface area contributed by atoms with Crippen LogP contribution in [0.1, 0.15) is 12.5 Å². The summed E-state index contributed by atoms with van der Waals surface area (Å²) in [4.78, 5) is 29.4. The highest BCUT2D eigenvalue weighted by atomic mass is 16.5. The Morgan fingerprint density at radius 3 is 2.70 bits per heavy atom. The smallest absolute Gasteiger partial charge is 0.284 e. The topological polar surface area (TPSA) is 104 Å². The van der Waals surface area contributed by atoms with Crippen molar-refractivity contribution < 1.29 is 9.53 Å². The van der Waals surface area contributed by atoms with Crippen LogP contribution in [0.15, 0.2) is 59.7 Å². The van der Waals surface area contributed by atoms with Crippen molar-refractivity contribution in [3.8, 4) is 11.4 Å². The number of anilines is 1. The fourth-order valence-electron chi connectivity index (χ4n) is 3.05. The lowest BCUT2D eigenvalue weighted by Crippen LogP contribution is -2.28. The fourth-order valence-corrected chi connectivity index (χ4v) is 3.05. The van der Waals surface area contributed by atoms with E-state index in [1.165, 1.54) is 15.6 Å². The van der Waals surface area contributed by atoms with Crippen molar-refractivity contribution in [2.45, 2.75) is 20.4 Å². The molecule has 0 bridgehead atoms. The summed E-state index contributed by atoms with van der Waals surface area (Å²) in [7, 11) is 0. The van der Waals surface area contributed by atoms with Gasteiger partial charge in [-0.05, 0) is 55.8 Å². The first-order chi connectivity index (χ1) is 14.5. The zero-order chi connectivity index (χ0) is 21.1. The predicted molar refractivity (Wildman–Crippen MR) is 112 cm³/mol. The Morgan fingerprint density at radius 1 is 1.17 bits per heavy atom. The predicted octanol–water partition coefficient (Wildman–Crippen LogP) is 2.32. The number of hydrogen-bond acceptors (Lipinski definition) is 6. The van der Waals surface area contributed by atoms with Crippen molar-refractivity contribution in [1.29, 1.82) is 0 Å². The molecule has 1 amide bonds. The summed E-state index contributed by atoms with van der Waals surface area (Å²) in [5, 5.41) is 10.8. The lowest BCUT2D eigenvalue weighted by molar-refractivity contribution is -0.116. The molecule has 152 valence electrons. The van der Waals surface area contributed by atoms with Crippen molar-refractivity contribution in [1.82, 2.24) is 24.5 Å². The molecular weight excluding hydrogens is 384 g/mol. The Morgan fingerprint density at radius 2 is 1.97 bits per heavy atom. The first-order valence-corrected chi connectivity index (χ1v) is 9.46. The molecular formula is C21H20N6O3. The van der Waals surface area contributed by atoms with Crippen molar-refractivity contribution in [3.63, 3.8) is 0 Å². The molecule has 2 aromatic carbocycles. The van der Waals surface area contributed by atoms with Gasteiger partial charge >= 0.3 is 0 Å². The third-order valence-electron chi connectivity index (χ3n) is 4.44. The standard InChI is InChI=1S/C21H20N6O3/c1-3-30-17-9-7-15(8-10-17)23-18(28)12-26-13-22-20-19(21(26)29)24-25-27(20)16-6-4-5-14(2)11-16/h4-11,13H,3,12H2,1-2H3,(H,23,28). The van der Waals surface area contributed by atoms with E-state index in [0.717, 1.165) is 17.0 Å². The van der Waals surface area contributed by atoms with E-state index >= 15 is 0 Å². The molecule has 0 radical (unpaired) electrons. The van der Waals surface area contributed by atoms with E-state index in [4.69, 9.17) is 4.74 Å². The molecule has 0 aliphatic carbocycles. The molecule has 4 rings (SSSR count). The van der Waals surface area contributed by atoms with Gasteiger partial charge in [0.1, 0.15) is 18.6 Å². The number of rotatable bonds is 6. The number of nitrogens with one attached hydrogen (secondary N) is 1. The quantitative estimate of drug-likeness (QED) is 0.529. The Bertz CT molecular complexity index is 1260. The molecule has 4 aromatic rings. The van der Waals surface area contributed by atoms with Crippen LogP contribution in [0.5, 0.6) is 5.75 Å².